The van der Waals surface area contributed by atoms with Crippen LogP contribution in [-0.4, -0.2) is 19.5 Å². The van der Waals surface area contributed by atoms with Crippen LogP contribution in [0.2, 0.25) is 0 Å². The molecule has 0 unspecified atom stereocenters. The van der Waals surface area contributed by atoms with Gasteiger partial charge in [-0.15, -0.1) is 0 Å². The van der Waals surface area contributed by atoms with Crippen molar-refractivity contribution in [1.29, 1.82) is 0 Å². The summed E-state index contributed by atoms with van der Waals surface area (Å²) in [5, 5.41) is 0. The van der Waals surface area contributed by atoms with Crippen LogP contribution < -0.4 is 10.3 Å². The average molecular weight is 455 g/mol. The molecule has 0 N–H and O–H groups in total. The van der Waals surface area contributed by atoms with Crippen molar-refractivity contribution >= 4 is 0 Å². The van der Waals surface area contributed by atoms with Crippen LogP contribution in [-0.2, 0) is 6.61 Å². The minimum Gasteiger partial charge on any atom is -0.472 e. The van der Waals surface area contributed by atoms with Crippen LogP contribution >= 0.6 is 0 Å². The Morgan fingerprint density at radius 2 is 1.76 bits per heavy atom. The summed E-state index contributed by atoms with van der Waals surface area (Å²) >= 11 is 0. The molecule has 174 valence electrons. The highest BCUT2D eigenvalue weighted by Gasteiger charge is 2.16. The maximum Gasteiger partial charge on any atom is 0.264 e. The first-order chi connectivity index (χ1) is 16.2. The lowest BCUT2D eigenvalue weighted by Crippen LogP contribution is -2.26. The van der Waals surface area contributed by atoms with E-state index >= 15 is 0 Å². The Morgan fingerprint density at radius 1 is 0.971 bits per heavy atom. The molecule has 0 bridgehead atoms. The second-order valence-corrected chi connectivity index (χ2v) is 8.96. The summed E-state index contributed by atoms with van der Waals surface area (Å²) in [5.41, 5.74) is 6.05. The molecule has 0 spiro atoms. The summed E-state index contributed by atoms with van der Waals surface area (Å²) in [6.07, 6.45) is 1.78. The first-order valence-corrected chi connectivity index (χ1v) is 11.5. The fourth-order valence-electron chi connectivity index (χ4n) is 3.89. The van der Waals surface area contributed by atoms with E-state index in [0.717, 1.165) is 39.5 Å². The third-order valence-electron chi connectivity index (χ3n) is 5.83. The van der Waals surface area contributed by atoms with Gasteiger partial charge in [-0.25, -0.2) is 9.97 Å². The minimum atomic E-state index is -0.141. The van der Waals surface area contributed by atoms with Gasteiger partial charge in [0, 0.05) is 17.7 Å². The number of aromatic nitrogens is 4. The van der Waals surface area contributed by atoms with Crippen molar-refractivity contribution in [2.45, 2.75) is 54.1 Å². The maximum atomic E-state index is 13.4. The van der Waals surface area contributed by atoms with E-state index in [-0.39, 0.29) is 11.5 Å². The van der Waals surface area contributed by atoms with Gasteiger partial charge in [-0.1, -0.05) is 55.8 Å². The molecule has 2 heterocycles. The second kappa shape index (κ2) is 9.59. The first-order valence-electron chi connectivity index (χ1n) is 11.5. The Balaban J connectivity index is 1.72. The van der Waals surface area contributed by atoms with Gasteiger partial charge in [-0.3, -0.25) is 9.36 Å². The first kappa shape index (κ1) is 23.4. The molecule has 2 aromatic carbocycles. The molecule has 4 aromatic rings. The summed E-state index contributed by atoms with van der Waals surface area (Å²) in [6.45, 7) is 12.1. The molecule has 0 saturated heterocycles. The SMILES string of the molecule is Cc1cccc(COc2nc(C)n(-c3cc(-c4ccnc(C(C)C)n4)ccc3C)c(=O)c2C)c1. The number of nitrogens with zero attached hydrogens (tertiary/aromatic N) is 4. The predicted molar refractivity (Wildman–Crippen MR) is 135 cm³/mol. The highest BCUT2D eigenvalue weighted by molar-refractivity contribution is 5.64. The van der Waals surface area contributed by atoms with Crippen molar-refractivity contribution in [3.8, 4) is 22.8 Å². The van der Waals surface area contributed by atoms with Crippen molar-refractivity contribution in [3.05, 3.63) is 99.0 Å². The zero-order valence-electron chi connectivity index (χ0n) is 20.6. The number of benzene rings is 2. The summed E-state index contributed by atoms with van der Waals surface area (Å²) in [6, 6.07) is 16.0. The fourth-order valence-corrected chi connectivity index (χ4v) is 3.89. The Morgan fingerprint density at radius 3 is 2.50 bits per heavy atom. The molecule has 0 aliphatic rings. The highest BCUT2D eigenvalue weighted by Crippen LogP contribution is 2.25. The number of hydrogen-bond acceptors (Lipinski definition) is 5. The molecular formula is C28H30N4O2. The molecule has 0 aliphatic heterocycles. The highest BCUT2D eigenvalue weighted by atomic mass is 16.5. The number of ether oxygens (including phenoxy) is 1. The predicted octanol–water partition coefficient (Wildman–Crippen LogP) is 5.63. The van der Waals surface area contributed by atoms with E-state index in [2.05, 4.69) is 29.9 Å². The van der Waals surface area contributed by atoms with Crippen LogP contribution in [0.15, 0.2) is 59.5 Å². The zero-order valence-corrected chi connectivity index (χ0v) is 20.6. The van der Waals surface area contributed by atoms with E-state index in [1.165, 1.54) is 0 Å². The van der Waals surface area contributed by atoms with Crippen molar-refractivity contribution in [3.63, 3.8) is 0 Å². The summed E-state index contributed by atoms with van der Waals surface area (Å²) in [7, 11) is 0. The third-order valence-corrected chi connectivity index (χ3v) is 5.83. The lowest BCUT2D eigenvalue weighted by atomic mass is 10.1. The van der Waals surface area contributed by atoms with Gasteiger partial charge in [0.05, 0.1) is 16.9 Å². The molecule has 0 saturated carbocycles. The lowest BCUT2D eigenvalue weighted by molar-refractivity contribution is 0.289. The number of rotatable bonds is 6. The molecule has 2 aromatic heterocycles. The van der Waals surface area contributed by atoms with Crippen LogP contribution in [0.1, 0.15) is 53.7 Å². The van der Waals surface area contributed by atoms with Crippen LogP contribution in [0.4, 0.5) is 0 Å². The Labute approximate surface area is 200 Å². The van der Waals surface area contributed by atoms with Crippen LogP contribution in [0, 0.1) is 27.7 Å². The van der Waals surface area contributed by atoms with E-state index in [1.807, 2.05) is 63.2 Å². The molecule has 0 fully saturated rings. The number of hydrogen-bond donors (Lipinski definition) is 0. The van der Waals surface area contributed by atoms with Gasteiger partial charge in [0.2, 0.25) is 5.88 Å². The van der Waals surface area contributed by atoms with E-state index in [0.29, 0.717) is 23.9 Å². The largest absolute Gasteiger partial charge is 0.472 e. The molecule has 0 amide bonds. The van der Waals surface area contributed by atoms with Gasteiger partial charge < -0.3 is 4.74 Å². The Bertz CT molecular complexity index is 1410. The second-order valence-electron chi connectivity index (χ2n) is 8.96. The van der Waals surface area contributed by atoms with Gasteiger partial charge in [-0.2, -0.15) is 4.98 Å². The van der Waals surface area contributed by atoms with Crippen molar-refractivity contribution in [2.75, 3.05) is 0 Å². The molecule has 6 heteroatoms. The van der Waals surface area contributed by atoms with E-state index in [1.54, 1.807) is 17.7 Å². The van der Waals surface area contributed by atoms with E-state index < -0.39 is 0 Å². The van der Waals surface area contributed by atoms with Gasteiger partial charge in [0.15, 0.2) is 0 Å². The molecular weight excluding hydrogens is 424 g/mol. The quantitative estimate of drug-likeness (QED) is 0.378. The minimum absolute atomic E-state index is 0.141. The third kappa shape index (κ3) is 4.76. The number of aryl methyl sites for hydroxylation is 3. The van der Waals surface area contributed by atoms with Gasteiger partial charge >= 0.3 is 0 Å². The summed E-state index contributed by atoms with van der Waals surface area (Å²) < 4.78 is 7.60. The zero-order chi connectivity index (χ0) is 24.4. The lowest BCUT2D eigenvalue weighted by Gasteiger charge is -2.17. The van der Waals surface area contributed by atoms with Crippen LogP contribution in [0.25, 0.3) is 16.9 Å². The molecule has 0 aliphatic carbocycles. The standard InChI is InChI=1S/C28H30N4O2/c1-17(2)26-29-13-12-24(31-26)23-11-10-19(4)25(15-23)32-21(6)30-27(20(5)28(32)33)34-16-22-9-7-8-18(3)14-22/h7-15,17H,16H2,1-6H3. The average Bonchev–Trinajstić information content (AvgIpc) is 2.82. The van der Waals surface area contributed by atoms with Gasteiger partial charge in [-0.05, 0) is 51.0 Å². The van der Waals surface area contributed by atoms with Gasteiger partial charge in [0.1, 0.15) is 18.3 Å². The summed E-state index contributed by atoms with van der Waals surface area (Å²) in [4.78, 5) is 27.2. The van der Waals surface area contributed by atoms with Crippen molar-refractivity contribution in [2.24, 2.45) is 0 Å². The maximum absolute atomic E-state index is 13.4. The molecule has 4 rings (SSSR count). The smallest absolute Gasteiger partial charge is 0.264 e. The molecule has 6 nitrogen and oxygen atoms in total. The van der Waals surface area contributed by atoms with E-state index in [4.69, 9.17) is 9.72 Å². The van der Waals surface area contributed by atoms with Crippen molar-refractivity contribution in [1.82, 2.24) is 19.5 Å². The molecule has 0 radical (unpaired) electrons. The van der Waals surface area contributed by atoms with Gasteiger partial charge in [0.25, 0.3) is 5.56 Å². The normalized spacial score (nSPS) is 11.1. The fraction of sp³-hybridized carbons (Fsp3) is 0.286. The Hall–Kier alpha value is -3.80. The molecule has 34 heavy (non-hydrogen) atoms. The molecule has 0 atom stereocenters. The van der Waals surface area contributed by atoms with Crippen LogP contribution in [0.3, 0.4) is 0 Å². The van der Waals surface area contributed by atoms with Crippen molar-refractivity contribution < 1.29 is 4.74 Å². The Kier molecular flexibility index (Phi) is 6.59. The topological polar surface area (TPSA) is 69.9 Å². The monoisotopic (exact) mass is 454 g/mol. The van der Waals surface area contributed by atoms with E-state index in [9.17, 15) is 4.79 Å². The summed E-state index contributed by atoms with van der Waals surface area (Å²) in [5.74, 6) is 1.96. The van der Waals surface area contributed by atoms with Crippen LogP contribution in [0.5, 0.6) is 5.88 Å².